The molecule has 0 unspecified atom stereocenters. The fourth-order valence-corrected chi connectivity index (χ4v) is 5.41. The number of fused-ring (bicyclic) bond motifs is 1. The van der Waals surface area contributed by atoms with Crippen LogP contribution in [0.3, 0.4) is 0 Å². The first-order valence-electron chi connectivity index (χ1n) is 12.9. The van der Waals surface area contributed by atoms with Gasteiger partial charge in [0, 0.05) is 48.1 Å². The molecule has 2 aliphatic rings. The predicted molar refractivity (Wildman–Crippen MR) is 145 cm³/mol. The number of hydrogen-bond donors (Lipinski definition) is 1. The van der Waals surface area contributed by atoms with Crippen molar-refractivity contribution in [3.8, 4) is 22.6 Å². The zero-order valence-corrected chi connectivity index (χ0v) is 21.7. The van der Waals surface area contributed by atoms with Gasteiger partial charge in [0.05, 0.1) is 29.6 Å². The smallest absolute Gasteiger partial charge is 0.307 e. The number of aliphatic carboxylic acids is 1. The minimum atomic E-state index is -0.883. The summed E-state index contributed by atoms with van der Waals surface area (Å²) >= 11 is 0. The lowest BCUT2D eigenvalue weighted by atomic mass is 9.87. The quantitative estimate of drug-likeness (QED) is 0.378. The number of hydrogen-bond acceptors (Lipinski definition) is 6. The fraction of sp³-hybridized carbons (Fsp3) is 0.367. The minimum Gasteiger partial charge on any atom is -0.492 e. The second-order valence-electron chi connectivity index (χ2n) is 10.9. The number of carbonyl (C=O) groups is 1. The van der Waals surface area contributed by atoms with E-state index in [0.29, 0.717) is 12.4 Å². The van der Waals surface area contributed by atoms with Crippen LogP contribution in [0.4, 0.5) is 5.82 Å². The van der Waals surface area contributed by atoms with Crippen LogP contribution < -0.4 is 14.4 Å². The van der Waals surface area contributed by atoms with Gasteiger partial charge in [0.2, 0.25) is 0 Å². The van der Waals surface area contributed by atoms with E-state index in [0.717, 1.165) is 75.1 Å². The monoisotopic (exact) mass is 497 g/mol. The summed E-state index contributed by atoms with van der Waals surface area (Å²) in [7, 11) is 0. The third-order valence-corrected chi connectivity index (χ3v) is 7.14. The van der Waals surface area contributed by atoms with Crippen molar-refractivity contribution in [2.45, 2.75) is 52.6 Å². The molecule has 0 aliphatic carbocycles. The summed E-state index contributed by atoms with van der Waals surface area (Å²) in [4.78, 5) is 24.2. The van der Waals surface area contributed by atoms with Gasteiger partial charge in [0.25, 0.3) is 0 Å². The van der Waals surface area contributed by atoms with Gasteiger partial charge >= 0.3 is 5.97 Å². The molecule has 2 aliphatic heterocycles. The van der Waals surface area contributed by atoms with Crippen LogP contribution in [-0.2, 0) is 17.6 Å². The van der Waals surface area contributed by atoms with Gasteiger partial charge in [-0.25, -0.2) is 4.98 Å². The van der Waals surface area contributed by atoms with E-state index in [4.69, 9.17) is 19.4 Å². The second kappa shape index (κ2) is 8.61. The summed E-state index contributed by atoms with van der Waals surface area (Å²) in [6, 6.07) is 10.1. The Balaban J connectivity index is 1.73. The molecule has 6 rings (SSSR count). The zero-order chi connectivity index (χ0) is 25.9. The largest absolute Gasteiger partial charge is 0.492 e. The molecule has 0 radical (unpaired) electrons. The van der Waals surface area contributed by atoms with Crippen LogP contribution in [0.1, 0.15) is 43.9 Å². The Bertz CT molecular complexity index is 1570. The molecule has 4 aromatic rings. The lowest BCUT2D eigenvalue weighted by Crippen LogP contribution is -2.37. The third kappa shape index (κ3) is 4.12. The standard InChI is InChI=1S/C30H31N3O4/c1-17-14-21-19(6-7-24(32-21)33-11-5-12-33)27(20(17)15-25(34)35)28-23(37-30(2,3)4)16-22-26-18(9-13-36-22)8-10-31-29(26)28/h6-8,10,14,16H,5,9,11-13,15H2,1-4H3,(H,34,35). The van der Waals surface area contributed by atoms with Crippen molar-refractivity contribution in [1.82, 2.24) is 9.97 Å². The summed E-state index contributed by atoms with van der Waals surface area (Å²) in [5.74, 6) is 1.45. The van der Waals surface area contributed by atoms with Crippen LogP contribution in [-0.4, -0.2) is 46.3 Å². The Hall–Kier alpha value is -3.87. The van der Waals surface area contributed by atoms with E-state index in [1.807, 2.05) is 58.2 Å². The Kier molecular flexibility index (Phi) is 5.48. The SMILES string of the molecule is Cc1cc2nc(N3CCC3)ccc2c(-c2c(OC(C)(C)C)cc3c4c(ccnc24)CCO3)c1CC(=O)O. The van der Waals surface area contributed by atoms with Crippen molar-refractivity contribution in [2.75, 3.05) is 24.6 Å². The molecule has 4 heterocycles. The average molecular weight is 498 g/mol. The van der Waals surface area contributed by atoms with Gasteiger partial charge < -0.3 is 19.5 Å². The van der Waals surface area contributed by atoms with E-state index in [2.05, 4.69) is 11.0 Å². The van der Waals surface area contributed by atoms with Crippen molar-refractivity contribution in [2.24, 2.45) is 0 Å². The number of anilines is 1. The van der Waals surface area contributed by atoms with Crippen molar-refractivity contribution in [3.63, 3.8) is 0 Å². The molecule has 0 saturated carbocycles. The topological polar surface area (TPSA) is 84.8 Å². The average Bonchev–Trinajstić information content (AvgIpc) is 2.78. The number of aryl methyl sites for hydroxylation is 1. The molecule has 190 valence electrons. The number of nitrogens with zero attached hydrogens (tertiary/aromatic N) is 3. The Morgan fingerprint density at radius 3 is 2.68 bits per heavy atom. The summed E-state index contributed by atoms with van der Waals surface area (Å²) in [5.41, 5.74) is 5.53. The van der Waals surface area contributed by atoms with Gasteiger partial charge in [-0.05, 0) is 75.1 Å². The van der Waals surface area contributed by atoms with Crippen molar-refractivity contribution in [1.29, 1.82) is 0 Å². The molecule has 37 heavy (non-hydrogen) atoms. The molecule has 1 fully saturated rings. The highest BCUT2D eigenvalue weighted by Gasteiger charge is 2.28. The lowest BCUT2D eigenvalue weighted by molar-refractivity contribution is -0.136. The molecular weight excluding hydrogens is 466 g/mol. The summed E-state index contributed by atoms with van der Waals surface area (Å²) in [5, 5.41) is 11.8. The second-order valence-corrected chi connectivity index (χ2v) is 10.9. The highest BCUT2D eigenvalue weighted by molar-refractivity contribution is 6.10. The molecule has 1 saturated heterocycles. The summed E-state index contributed by atoms with van der Waals surface area (Å²) < 4.78 is 12.6. The third-order valence-electron chi connectivity index (χ3n) is 7.14. The van der Waals surface area contributed by atoms with Gasteiger partial charge in [-0.2, -0.15) is 0 Å². The molecule has 7 heteroatoms. The Labute approximate surface area is 216 Å². The maximum absolute atomic E-state index is 12.1. The number of ether oxygens (including phenoxy) is 2. The molecule has 1 N–H and O–H groups in total. The molecule has 2 aromatic carbocycles. The number of pyridine rings is 2. The van der Waals surface area contributed by atoms with E-state index >= 15 is 0 Å². The van der Waals surface area contributed by atoms with E-state index < -0.39 is 11.6 Å². The van der Waals surface area contributed by atoms with E-state index in [-0.39, 0.29) is 6.42 Å². The molecule has 0 bridgehead atoms. The first-order valence-corrected chi connectivity index (χ1v) is 12.9. The van der Waals surface area contributed by atoms with Gasteiger partial charge in [-0.15, -0.1) is 0 Å². The van der Waals surface area contributed by atoms with Crippen LogP contribution in [0.5, 0.6) is 11.5 Å². The number of carboxylic acid groups (broad SMARTS) is 1. The highest BCUT2D eigenvalue weighted by Crippen LogP contribution is 2.48. The van der Waals surface area contributed by atoms with E-state index in [9.17, 15) is 9.90 Å². The molecule has 0 spiro atoms. The van der Waals surface area contributed by atoms with Crippen LogP contribution >= 0.6 is 0 Å². The molecule has 0 amide bonds. The van der Waals surface area contributed by atoms with Gasteiger partial charge in [0.1, 0.15) is 22.9 Å². The highest BCUT2D eigenvalue weighted by atomic mass is 16.5. The molecule has 2 aromatic heterocycles. The van der Waals surface area contributed by atoms with Crippen LogP contribution in [0.25, 0.3) is 32.9 Å². The van der Waals surface area contributed by atoms with Crippen LogP contribution in [0, 0.1) is 6.92 Å². The van der Waals surface area contributed by atoms with Gasteiger partial charge in [0.15, 0.2) is 0 Å². The van der Waals surface area contributed by atoms with Crippen LogP contribution in [0.15, 0.2) is 36.5 Å². The number of carboxylic acids is 1. The number of rotatable bonds is 5. The first-order chi connectivity index (χ1) is 17.7. The van der Waals surface area contributed by atoms with E-state index in [1.54, 1.807) is 0 Å². The Morgan fingerprint density at radius 1 is 1.16 bits per heavy atom. The number of benzene rings is 2. The maximum atomic E-state index is 12.1. The van der Waals surface area contributed by atoms with Gasteiger partial charge in [-0.1, -0.05) is 0 Å². The van der Waals surface area contributed by atoms with Gasteiger partial charge in [-0.3, -0.25) is 9.78 Å². The van der Waals surface area contributed by atoms with Crippen LogP contribution in [0.2, 0.25) is 0 Å². The van der Waals surface area contributed by atoms with Crippen molar-refractivity contribution < 1.29 is 19.4 Å². The lowest BCUT2D eigenvalue weighted by Gasteiger charge is -2.32. The molecular formula is C30H31N3O4. The molecule has 0 atom stereocenters. The van der Waals surface area contributed by atoms with Crippen molar-refractivity contribution in [3.05, 3.63) is 53.2 Å². The normalized spacial score (nSPS) is 15.0. The van der Waals surface area contributed by atoms with Crippen molar-refractivity contribution >= 4 is 33.6 Å². The van der Waals surface area contributed by atoms with E-state index in [1.165, 1.54) is 12.0 Å². The zero-order valence-electron chi connectivity index (χ0n) is 21.7. The summed E-state index contributed by atoms with van der Waals surface area (Å²) in [6.45, 7) is 10.6. The Morgan fingerprint density at radius 2 is 1.97 bits per heavy atom. The first kappa shape index (κ1) is 23.5. The minimum absolute atomic E-state index is 0.112. The predicted octanol–water partition coefficient (Wildman–Crippen LogP) is 5.71. The number of aromatic nitrogens is 2. The summed E-state index contributed by atoms with van der Waals surface area (Å²) in [6.07, 6.45) is 3.68. The maximum Gasteiger partial charge on any atom is 0.307 e. The molecule has 7 nitrogen and oxygen atoms in total. The fourth-order valence-electron chi connectivity index (χ4n) is 5.41.